The Balaban J connectivity index is 1.95. The van der Waals surface area contributed by atoms with Crippen molar-refractivity contribution in [3.8, 4) is 0 Å². The van der Waals surface area contributed by atoms with E-state index >= 15 is 0 Å². The van der Waals surface area contributed by atoms with Crippen molar-refractivity contribution in [3.05, 3.63) is 58.4 Å². The van der Waals surface area contributed by atoms with Crippen LogP contribution >= 0.6 is 11.3 Å². The lowest BCUT2D eigenvalue weighted by molar-refractivity contribution is 0.0600. The molecule has 0 aliphatic carbocycles. The number of methoxy groups -OCH3 is 1. The van der Waals surface area contributed by atoms with Gasteiger partial charge in [-0.3, -0.25) is 4.79 Å². The number of hydrogen-bond donors (Lipinski definition) is 0. The van der Waals surface area contributed by atoms with E-state index in [0.717, 1.165) is 23.1 Å². The molecule has 11 heteroatoms. The van der Waals surface area contributed by atoms with E-state index in [2.05, 4.69) is 4.99 Å². The summed E-state index contributed by atoms with van der Waals surface area (Å²) in [7, 11) is -0.754. The molecule has 3 aromatic rings. The maximum absolute atomic E-state index is 13.0. The summed E-state index contributed by atoms with van der Waals surface area (Å²) in [5.74, 6) is -0.945. The molecule has 0 atom stereocenters. The molecule has 0 saturated carbocycles. The summed E-state index contributed by atoms with van der Waals surface area (Å²) in [6.45, 7) is 5.79. The predicted octanol–water partition coefficient (Wildman–Crippen LogP) is 3.69. The van der Waals surface area contributed by atoms with E-state index in [1.165, 1.54) is 47.0 Å². The first-order valence-electron chi connectivity index (χ1n) is 11.7. The minimum Gasteiger partial charge on any atom is -0.465 e. The second-order valence-electron chi connectivity index (χ2n) is 8.03. The molecule has 2 aromatic carbocycles. The van der Waals surface area contributed by atoms with Crippen LogP contribution in [0.1, 0.15) is 47.4 Å². The van der Waals surface area contributed by atoms with Gasteiger partial charge in [0.15, 0.2) is 4.80 Å². The molecule has 1 heterocycles. The van der Waals surface area contributed by atoms with Crippen molar-refractivity contribution >= 4 is 43.5 Å². The molecule has 1 aromatic heterocycles. The van der Waals surface area contributed by atoms with Gasteiger partial charge in [-0.15, -0.1) is 0 Å². The molecule has 0 radical (unpaired) electrons. The molecule has 194 valence electrons. The molecule has 0 aliphatic rings. The summed E-state index contributed by atoms with van der Waals surface area (Å²) < 4.78 is 39.8. The molecule has 0 fully saturated rings. The number of ether oxygens (including phenoxy) is 2. The van der Waals surface area contributed by atoms with Crippen LogP contribution in [0.15, 0.2) is 52.4 Å². The molecule has 9 nitrogen and oxygen atoms in total. The summed E-state index contributed by atoms with van der Waals surface area (Å²) in [5, 5.41) is 0. The van der Waals surface area contributed by atoms with Crippen LogP contribution in [0.25, 0.3) is 10.2 Å². The molecule has 0 N–H and O–H groups in total. The largest absolute Gasteiger partial charge is 0.465 e. The Kier molecular flexibility index (Phi) is 9.55. The van der Waals surface area contributed by atoms with Gasteiger partial charge in [-0.05, 0) is 55.8 Å². The molecule has 36 heavy (non-hydrogen) atoms. The topological polar surface area (TPSA) is 107 Å². The fourth-order valence-corrected chi connectivity index (χ4v) is 5.82. The normalized spacial score (nSPS) is 12.4. The van der Waals surface area contributed by atoms with E-state index in [0.29, 0.717) is 36.7 Å². The summed E-state index contributed by atoms with van der Waals surface area (Å²) in [5.41, 5.74) is 1.49. The monoisotopic (exact) mass is 533 g/mol. The molecule has 0 saturated heterocycles. The number of nitrogens with zero attached hydrogens (tertiary/aromatic N) is 3. The number of fused-ring (bicyclic) bond motifs is 1. The van der Waals surface area contributed by atoms with Gasteiger partial charge in [-0.1, -0.05) is 24.7 Å². The zero-order valence-electron chi connectivity index (χ0n) is 20.9. The highest BCUT2D eigenvalue weighted by Gasteiger charge is 2.20. The second-order valence-corrected chi connectivity index (χ2v) is 11.1. The van der Waals surface area contributed by atoms with E-state index in [1.807, 2.05) is 18.4 Å². The van der Waals surface area contributed by atoms with Gasteiger partial charge in [0.05, 0.1) is 34.4 Å². The van der Waals surface area contributed by atoms with E-state index in [-0.39, 0.29) is 10.5 Å². The summed E-state index contributed by atoms with van der Waals surface area (Å²) in [6.07, 6.45) is 1.66. The maximum atomic E-state index is 13.0. The molecule has 0 bridgehead atoms. The van der Waals surface area contributed by atoms with Gasteiger partial charge >= 0.3 is 5.97 Å². The Labute approximate surface area is 215 Å². The summed E-state index contributed by atoms with van der Waals surface area (Å²) in [4.78, 5) is 29.8. The minimum absolute atomic E-state index is 0.127. The average molecular weight is 534 g/mol. The number of carbonyl (C=O) groups excluding carboxylic acids is 2. The molecule has 0 spiro atoms. The lowest BCUT2D eigenvalue weighted by Gasteiger charge is -2.16. The number of unbranched alkanes of at least 4 members (excludes halogenated alkanes) is 1. The molecule has 3 rings (SSSR count). The Bertz CT molecular complexity index is 1390. The number of sulfonamides is 1. The summed E-state index contributed by atoms with van der Waals surface area (Å²) in [6, 6.07) is 11.0. The Morgan fingerprint density at radius 3 is 2.42 bits per heavy atom. The van der Waals surface area contributed by atoms with Crippen LogP contribution in [0.3, 0.4) is 0 Å². The van der Waals surface area contributed by atoms with Crippen molar-refractivity contribution in [3.63, 3.8) is 0 Å². The zero-order chi connectivity index (χ0) is 26.3. The average Bonchev–Trinajstić information content (AvgIpc) is 3.22. The van der Waals surface area contributed by atoms with Crippen molar-refractivity contribution in [2.75, 3.05) is 33.9 Å². The quantitative estimate of drug-likeness (QED) is 0.275. The molecular formula is C25H31N3O6S2. The van der Waals surface area contributed by atoms with Gasteiger partial charge in [-0.25, -0.2) is 17.5 Å². The van der Waals surface area contributed by atoms with Gasteiger partial charge in [0.25, 0.3) is 5.91 Å². The standard InChI is InChI=1S/C25H31N3O6S2/c1-5-7-14-27(3)36(31,32)20-11-8-18(9-12-20)23(29)26-25-28(15-16-34-6-2)21-13-10-19(24(30)33-4)17-22(21)35-25/h8-13,17H,5-7,14-16H2,1-4H3. The van der Waals surface area contributed by atoms with Crippen LogP contribution in [0.4, 0.5) is 0 Å². The first-order valence-corrected chi connectivity index (χ1v) is 13.9. The van der Waals surface area contributed by atoms with Gasteiger partial charge < -0.3 is 14.0 Å². The molecule has 0 unspecified atom stereocenters. The molecular weight excluding hydrogens is 502 g/mol. The Morgan fingerprint density at radius 2 is 1.78 bits per heavy atom. The van der Waals surface area contributed by atoms with Crippen molar-refractivity contribution in [2.24, 2.45) is 4.99 Å². The first-order chi connectivity index (χ1) is 17.2. The first kappa shape index (κ1) is 27.7. The predicted molar refractivity (Wildman–Crippen MR) is 139 cm³/mol. The summed E-state index contributed by atoms with van der Waals surface area (Å²) >= 11 is 1.28. The van der Waals surface area contributed by atoms with Gasteiger partial charge in [0, 0.05) is 32.3 Å². The van der Waals surface area contributed by atoms with Gasteiger partial charge in [0.2, 0.25) is 10.0 Å². The maximum Gasteiger partial charge on any atom is 0.337 e. The number of hydrogen-bond acceptors (Lipinski definition) is 7. The number of aromatic nitrogens is 1. The lowest BCUT2D eigenvalue weighted by atomic mass is 10.2. The van der Waals surface area contributed by atoms with Crippen LogP contribution in [-0.2, 0) is 26.0 Å². The minimum atomic E-state index is -3.63. The third kappa shape index (κ3) is 6.28. The van der Waals surface area contributed by atoms with Crippen molar-refractivity contribution < 1.29 is 27.5 Å². The van der Waals surface area contributed by atoms with Crippen molar-refractivity contribution in [1.29, 1.82) is 0 Å². The SMILES string of the molecule is CCCCN(C)S(=O)(=O)c1ccc(C(=O)N=c2sc3cc(C(=O)OC)ccc3n2CCOCC)cc1. The van der Waals surface area contributed by atoms with E-state index in [4.69, 9.17) is 9.47 Å². The third-order valence-electron chi connectivity index (χ3n) is 5.60. The smallest absolute Gasteiger partial charge is 0.337 e. The van der Waals surface area contributed by atoms with Crippen molar-refractivity contribution in [1.82, 2.24) is 8.87 Å². The van der Waals surface area contributed by atoms with Crippen LogP contribution < -0.4 is 4.80 Å². The molecule has 0 aliphatic heterocycles. The van der Waals surface area contributed by atoms with E-state index in [9.17, 15) is 18.0 Å². The molecule has 1 amide bonds. The van der Waals surface area contributed by atoms with Crippen LogP contribution in [-0.4, -0.2) is 63.1 Å². The lowest BCUT2D eigenvalue weighted by Crippen LogP contribution is -2.27. The zero-order valence-corrected chi connectivity index (χ0v) is 22.5. The number of esters is 1. The number of benzene rings is 2. The van der Waals surface area contributed by atoms with Crippen LogP contribution in [0, 0.1) is 0 Å². The van der Waals surface area contributed by atoms with E-state index in [1.54, 1.807) is 25.2 Å². The number of amides is 1. The van der Waals surface area contributed by atoms with Crippen LogP contribution in [0.5, 0.6) is 0 Å². The number of thiazole rings is 1. The second kappa shape index (κ2) is 12.4. The van der Waals surface area contributed by atoms with Crippen LogP contribution in [0.2, 0.25) is 0 Å². The Morgan fingerprint density at radius 1 is 1.08 bits per heavy atom. The number of carbonyl (C=O) groups is 2. The third-order valence-corrected chi connectivity index (χ3v) is 8.51. The van der Waals surface area contributed by atoms with Gasteiger partial charge in [-0.2, -0.15) is 4.99 Å². The Hall–Kier alpha value is -2.86. The fraction of sp³-hybridized carbons (Fsp3) is 0.400. The number of rotatable bonds is 11. The van der Waals surface area contributed by atoms with Crippen molar-refractivity contribution in [2.45, 2.75) is 38.1 Å². The highest BCUT2D eigenvalue weighted by atomic mass is 32.2. The van der Waals surface area contributed by atoms with Gasteiger partial charge in [0.1, 0.15) is 0 Å². The highest BCUT2D eigenvalue weighted by Crippen LogP contribution is 2.21. The highest BCUT2D eigenvalue weighted by molar-refractivity contribution is 7.89. The fourth-order valence-electron chi connectivity index (χ4n) is 3.52. The van der Waals surface area contributed by atoms with E-state index < -0.39 is 21.9 Å².